The third-order valence-corrected chi connectivity index (χ3v) is 2.38. The molecule has 1 unspecified atom stereocenters. The van der Waals surface area contributed by atoms with Gasteiger partial charge < -0.3 is 15.4 Å². The van der Waals surface area contributed by atoms with E-state index in [-0.39, 0.29) is 5.88 Å². The number of nitrogens with one attached hydrogen (secondary N) is 2. The Morgan fingerprint density at radius 1 is 1.61 bits per heavy atom. The molecule has 18 heavy (non-hydrogen) atoms. The summed E-state index contributed by atoms with van der Waals surface area (Å²) in [6, 6.07) is 3.52. The highest BCUT2D eigenvalue weighted by atomic mass is 19.3. The number of nitrogens with zero attached hydrogens (tertiary/aromatic N) is 2. The average Bonchev–Trinajstić information content (AvgIpc) is 2.72. The molecular weight excluding hydrogens is 242 g/mol. The molecule has 5 nitrogen and oxygen atoms in total. The second kappa shape index (κ2) is 5.61. The Morgan fingerprint density at radius 2 is 2.44 bits per heavy atom. The highest BCUT2D eigenvalue weighted by Gasteiger charge is 2.12. The first-order chi connectivity index (χ1) is 8.63. The number of halogens is 2. The van der Waals surface area contributed by atoms with E-state index in [2.05, 4.69) is 25.3 Å². The van der Waals surface area contributed by atoms with Gasteiger partial charge in [0.25, 0.3) is 0 Å². The lowest BCUT2D eigenvalue weighted by molar-refractivity contribution is -0.0528. The van der Waals surface area contributed by atoms with Crippen LogP contribution in [0.2, 0.25) is 0 Å². The highest BCUT2D eigenvalue weighted by Crippen LogP contribution is 2.12. The molecule has 0 aromatic carbocycles. The van der Waals surface area contributed by atoms with Crippen molar-refractivity contribution in [2.45, 2.75) is 26.1 Å². The first-order valence-corrected chi connectivity index (χ1v) is 5.58. The Balaban J connectivity index is 1.89. The van der Waals surface area contributed by atoms with Crippen LogP contribution in [0, 0.1) is 0 Å². The van der Waals surface area contributed by atoms with Crippen molar-refractivity contribution in [1.29, 1.82) is 0 Å². The molecule has 0 fully saturated rings. The minimum absolute atomic E-state index is 0.0843. The van der Waals surface area contributed by atoms with E-state index in [1.54, 1.807) is 6.07 Å². The number of aliphatic imine (C=N–C) groups is 1. The third kappa shape index (κ3) is 3.54. The van der Waals surface area contributed by atoms with E-state index in [9.17, 15) is 8.78 Å². The Morgan fingerprint density at radius 3 is 3.11 bits per heavy atom. The molecule has 2 heterocycles. The van der Waals surface area contributed by atoms with Gasteiger partial charge in [-0.05, 0) is 18.6 Å². The first kappa shape index (κ1) is 12.5. The standard InChI is InChI=1S/C11H14F2N4O/c1-7-5-15-11(17-7)16-6-8-2-3-14-9(4-8)18-10(12)13/h2-4,7,10H,5-6H2,1H3,(H2,15,16,17). The van der Waals surface area contributed by atoms with Crippen molar-refractivity contribution < 1.29 is 13.5 Å². The third-order valence-electron chi connectivity index (χ3n) is 2.38. The first-order valence-electron chi connectivity index (χ1n) is 5.58. The Kier molecular flexibility index (Phi) is 3.91. The summed E-state index contributed by atoms with van der Waals surface area (Å²) in [7, 11) is 0. The SMILES string of the molecule is CC1CN=C(NCc2ccnc(OC(F)F)c2)N1. The minimum Gasteiger partial charge on any atom is -0.417 e. The second-order valence-corrected chi connectivity index (χ2v) is 3.97. The summed E-state index contributed by atoms with van der Waals surface area (Å²) in [6.07, 6.45) is 1.43. The summed E-state index contributed by atoms with van der Waals surface area (Å²) < 4.78 is 28.3. The lowest BCUT2D eigenvalue weighted by Gasteiger charge is -2.09. The molecule has 1 aromatic rings. The van der Waals surface area contributed by atoms with Crippen molar-refractivity contribution in [3.05, 3.63) is 23.9 Å². The van der Waals surface area contributed by atoms with Crippen molar-refractivity contribution in [3.63, 3.8) is 0 Å². The summed E-state index contributed by atoms with van der Waals surface area (Å²) in [5.41, 5.74) is 0.796. The van der Waals surface area contributed by atoms with Crippen LogP contribution < -0.4 is 15.4 Å². The number of hydrogen-bond donors (Lipinski definition) is 2. The molecule has 0 saturated carbocycles. The van der Waals surface area contributed by atoms with E-state index in [1.165, 1.54) is 12.3 Å². The fraction of sp³-hybridized carbons (Fsp3) is 0.455. The van der Waals surface area contributed by atoms with Gasteiger partial charge in [-0.3, -0.25) is 4.99 Å². The van der Waals surface area contributed by atoms with Crippen LogP contribution in [0.1, 0.15) is 12.5 Å². The van der Waals surface area contributed by atoms with E-state index >= 15 is 0 Å². The maximum atomic E-state index is 12.0. The van der Waals surface area contributed by atoms with Crippen LogP contribution in [-0.4, -0.2) is 30.1 Å². The number of ether oxygens (including phenoxy) is 1. The largest absolute Gasteiger partial charge is 0.417 e. The predicted octanol–water partition coefficient (Wildman–Crippen LogP) is 1.12. The number of pyridine rings is 1. The lowest BCUT2D eigenvalue weighted by Crippen LogP contribution is -2.37. The van der Waals surface area contributed by atoms with E-state index in [0.29, 0.717) is 12.6 Å². The molecule has 1 atom stereocenters. The minimum atomic E-state index is -2.86. The Bertz CT molecular complexity index is 439. The quantitative estimate of drug-likeness (QED) is 0.847. The average molecular weight is 256 g/mol. The molecule has 1 aromatic heterocycles. The van der Waals surface area contributed by atoms with Gasteiger partial charge in [-0.1, -0.05) is 0 Å². The van der Waals surface area contributed by atoms with E-state index < -0.39 is 6.61 Å². The van der Waals surface area contributed by atoms with Crippen LogP contribution in [0.25, 0.3) is 0 Å². The molecule has 98 valence electrons. The van der Waals surface area contributed by atoms with Gasteiger partial charge in [0.15, 0.2) is 5.96 Å². The zero-order valence-corrected chi connectivity index (χ0v) is 9.86. The molecule has 1 aliphatic rings. The van der Waals surface area contributed by atoms with Crippen LogP contribution in [-0.2, 0) is 6.54 Å². The molecule has 1 aliphatic heterocycles. The lowest BCUT2D eigenvalue weighted by atomic mass is 10.2. The summed E-state index contributed by atoms with van der Waals surface area (Å²) in [6.45, 7) is 0.376. The second-order valence-electron chi connectivity index (χ2n) is 3.97. The number of rotatable bonds is 4. The molecule has 0 radical (unpaired) electrons. The van der Waals surface area contributed by atoms with Crippen molar-refractivity contribution in [1.82, 2.24) is 15.6 Å². The molecule has 0 amide bonds. The van der Waals surface area contributed by atoms with Crippen molar-refractivity contribution in [2.75, 3.05) is 6.54 Å². The number of guanidine groups is 1. The monoisotopic (exact) mass is 256 g/mol. The molecular formula is C11H14F2N4O. The molecule has 0 aliphatic carbocycles. The van der Waals surface area contributed by atoms with Gasteiger partial charge in [0.1, 0.15) is 0 Å². The van der Waals surface area contributed by atoms with Crippen LogP contribution in [0.3, 0.4) is 0 Å². The van der Waals surface area contributed by atoms with E-state index in [1.807, 2.05) is 6.92 Å². The highest BCUT2D eigenvalue weighted by molar-refractivity contribution is 5.81. The van der Waals surface area contributed by atoms with Crippen LogP contribution >= 0.6 is 0 Å². The molecule has 0 saturated heterocycles. The smallest absolute Gasteiger partial charge is 0.388 e. The summed E-state index contributed by atoms with van der Waals surface area (Å²) in [4.78, 5) is 7.93. The van der Waals surface area contributed by atoms with Gasteiger partial charge in [0, 0.05) is 24.8 Å². The van der Waals surface area contributed by atoms with E-state index in [0.717, 1.165) is 18.1 Å². The van der Waals surface area contributed by atoms with Crippen molar-refractivity contribution in [2.24, 2.45) is 4.99 Å². The van der Waals surface area contributed by atoms with Crippen molar-refractivity contribution >= 4 is 5.96 Å². The zero-order valence-electron chi connectivity index (χ0n) is 9.86. The molecule has 0 spiro atoms. The number of aromatic nitrogens is 1. The molecule has 7 heteroatoms. The van der Waals surface area contributed by atoms with Gasteiger partial charge in [-0.2, -0.15) is 8.78 Å². The molecule has 2 rings (SSSR count). The van der Waals surface area contributed by atoms with Gasteiger partial charge in [0.05, 0.1) is 6.54 Å². The fourth-order valence-electron chi connectivity index (χ4n) is 1.56. The summed E-state index contributed by atoms with van der Waals surface area (Å²) in [5, 5.41) is 6.22. The van der Waals surface area contributed by atoms with Gasteiger partial charge >= 0.3 is 6.61 Å². The van der Waals surface area contributed by atoms with Crippen molar-refractivity contribution in [3.8, 4) is 5.88 Å². The summed E-state index contributed by atoms with van der Waals surface area (Å²) in [5.74, 6) is 0.634. The van der Waals surface area contributed by atoms with Gasteiger partial charge in [0.2, 0.25) is 5.88 Å². The Labute approximate surface area is 103 Å². The zero-order chi connectivity index (χ0) is 13.0. The Hall–Kier alpha value is -1.92. The van der Waals surface area contributed by atoms with E-state index in [4.69, 9.17) is 0 Å². The maximum Gasteiger partial charge on any atom is 0.388 e. The molecule has 0 bridgehead atoms. The van der Waals surface area contributed by atoms with Crippen LogP contribution in [0.15, 0.2) is 23.3 Å². The topological polar surface area (TPSA) is 58.5 Å². The van der Waals surface area contributed by atoms with Gasteiger partial charge in [-0.25, -0.2) is 4.98 Å². The fourth-order valence-corrected chi connectivity index (χ4v) is 1.56. The summed E-state index contributed by atoms with van der Waals surface area (Å²) >= 11 is 0. The molecule has 2 N–H and O–H groups in total. The number of alkyl halides is 2. The van der Waals surface area contributed by atoms with Gasteiger partial charge in [-0.15, -0.1) is 0 Å². The number of hydrogen-bond acceptors (Lipinski definition) is 5. The van der Waals surface area contributed by atoms with Crippen LogP contribution in [0.4, 0.5) is 8.78 Å². The van der Waals surface area contributed by atoms with Crippen LogP contribution in [0.5, 0.6) is 5.88 Å². The predicted molar refractivity (Wildman–Crippen MR) is 62.6 cm³/mol. The maximum absolute atomic E-state index is 12.0. The normalized spacial score (nSPS) is 18.4.